The predicted octanol–water partition coefficient (Wildman–Crippen LogP) is 5.75. The lowest BCUT2D eigenvalue weighted by Gasteiger charge is -2.17. The molecule has 0 radical (unpaired) electrons. The summed E-state index contributed by atoms with van der Waals surface area (Å²) in [5, 5.41) is 11.1. The Morgan fingerprint density at radius 2 is 1.58 bits per heavy atom. The van der Waals surface area contributed by atoms with Crippen LogP contribution in [0.4, 0.5) is 19.0 Å². The highest BCUT2D eigenvalue weighted by atomic mass is 19.4. The maximum atomic E-state index is 13.7. The number of aromatic nitrogens is 2. The van der Waals surface area contributed by atoms with Crippen LogP contribution in [0.5, 0.6) is 0 Å². The van der Waals surface area contributed by atoms with Crippen LogP contribution in [0.1, 0.15) is 16.7 Å². The molecule has 5 nitrogen and oxygen atoms in total. The Hall–Kier alpha value is -4.20. The van der Waals surface area contributed by atoms with Crippen LogP contribution >= 0.6 is 0 Å². The van der Waals surface area contributed by atoms with Crippen molar-refractivity contribution in [3.8, 4) is 0 Å². The quantitative estimate of drug-likeness (QED) is 0.422. The van der Waals surface area contributed by atoms with E-state index in [-0.39, 0.29) is 17.8 Å². The van der Waals surface area contributed by atoms with Gasteiger partial charge in [0.1, 0.15) is 5.71 Å². The lowest BCUT2D eigenvalue weighted by Crippen LogP contribution is -2.30. The minimum absolute atomic E-state index is 0.0362. The Morgan fingerprint density at radius 3 is 2.39 bits per heavy atom. The van der Waals surface area contributed by atoms with Gasteiger partial charge < -0.3 is 5.32 Å². The van der Waals surface area contributed by atoms with Gasteiger partial charge in [0.2, 0.25) is 0 Å². The molecule has 4 aromatic rings. The Labute approximate surface area is 187 Å². The van der Waals surface area contributed by atoms with Crippen LogP contribution in [0.2, 0.25) is 0 Å². The van der Waals surface area contributed by atoms with Gasteiger partial charge in [-0.25, -0.2) is 4.99 Å². The van der Waals surface area contributed by atoms with Crippen molar-refractivity contribution in [3.63, 3.8) is 0 Å². The van der Waals surface area contributed by atoms with Crippen molar-refractivity contribution in [1.82, 2.24) is 15.5 Å². The zero-order chi connectivity index (χ0) is 22.8. The van der Waals surface area contributed by atoms with Crippen molar-refractivity contribution < 1.29 is 13.2 Å². The van der Waals surface area contributed by atoms with E-state index in [0.29, 0.717) is 17.4 Å². The lowest BCUT2D eigenvalue weighted by molar-refractivity contribution is -0.137. The fourth-order valence-corrected chi connectivity index (χ4v) is 3.73. The second-order valence-corrected chi connectivity index (χ2v) is 7.39. The molecule has 1 aliphatic rings. The summed E-state index contributed by atoms with van der Waals surface area (Å²) in [6.45, 7) is 0.194. The topological polar surface area (TPSA) is 65.4 Å². The van der Waals surface area contributed by atoms with Gasteiger partial charge in [-0.3, -0.25) is 10.1 Å². The summed E-state index contributed by atoms with van der Waals surface area (Å²) in [6.07, 6.45) is -2.86. The summed E-state index contributed by atoms with van der Waals surface area (Å²) in [4.78, 5) is 9.33. The molecule has 1 aliphatic heterocycles. The molecular weight excluding hydrogens is 427 g/mol. The molecule has 2 N–H and O–H groups in total. The summed E-state index contributed by atoms with van der Waals surface area (Å²) in [5.74, 6) is 0.737. The summed E-state index contributed by atoms with van der Waals surface area (Å²) >= 11 is 0. The van der Waals surface area contributed by atoms with Crippen molar-refractivity contribution in [2.45, 2.75) is 6.18 Å². The van der Waals surface area contributed by atoms with Gasteiger partial charge >= 0.3 is 6.18 Å². The third-order valence-corrected chi connectivity index (χ3v) is 5.26. The molecule has 0 spiro atoms. The van der Waals surface area contributed by atoms with Crippen LogP contribution in [0.25, 0.3) is 16.6 Å². The van der Waals surface area contributed by atoms with Crippen LogP contribution < -0.4 is 5.32 Å². The molecule has 8 heteroatoms. The molecule has 2 heterocycles. The van der Waals surface area contributed by atoms with E-state index >= 15 is 0 Å². The first kappa shape index (κ1) is 20.7. The van der Waals surface area contributed by atoms with E-state index in [1.54, 1.807) is 12.1 Å². The molecule has 33 heavy (non-hydrogen) atoms. The summed E-state index contributed by atoms with van der Waals surface area (Å²) < 4.78 is 41.1. The number of para-hydroxylation sites is 1. The first-order valence-electron chi connectivity index (χ1n) is 10.3. The van der Waals surface area contributed by atoms with E-state index < -0.39 is 11.7 Å². The van der Waals surface area contributed by atoms with Gasteiger partial charge in [0.05, 0.1) is 17.6 Å². The molecule has 0 fully saturated rings. The molecule has 5 rings (SSSR count). The zero-order valence-electron chi connectivity index (χ0n) is 17.3. The molecule has 0 unspecified atom stereocenters. The molecule has 3 aromatic carbocycles. The number of fused-ring (bicyclic) bond motifs is 1. The highest BCUT2D eigenvalue weighted by Crippen LogP contribution is 2.34. The molecule has 0 bridgehead atoms. The summed E-state index contributed by atoms with van der Waals surface area (Å²) in [5.41, 5.74) is 1.74. The minimum atomic E-state index is -4.50. The molecular formula is C25H18F3N5. The summed E-state index contributed by atoms with van der Waals surface area (Å²) in [7, 11) is 0. The van der Waals surface area contributed by atoms with Crippen LogP contribution in [0.3, 0.4) is 0 Å². The average molecular weight is 445 g/mol. The number of halogens is 3. The Balaban J connectivity index is 1.63. The SMILES string of the molecule is FC(F)(F)c1ccccc1C1=CCN=C(c2ccccc2)C(=Nc2n[nH]c3ccccc23)N1. The standard InChI is InChI=1S/C25H18F3N5/c26-25(27,28)19-12-6-4-10-17(19)20-14-15-29-22(16-8-2-1-3-9-16)24(30-20)31-23-18-11-5-7-13-21(18)32-33-23/h1-14H,15H2,(H2,30,31,32,33). The average Bonchev–Trinajstić information content (AvgIpc) is 3.11. The first-order chi connectivity index (χ1) is 16.0. The number of aliphatic imine (C=N–C) groups is 2. The molecule has 1 aromatic heterocycles. The zero-order valence-corrected chi connectivity index (χ0v) is 17.3. The van der Waals surface area contributed by atoms with Crippen molar-refractivity contribution in [2.24, 2.45) is 9.98 Å². The summed E-state index contributed by atoms with van der Waals surface area (Å²) in [6, 6.07) is 22.4. The molecule has 164 valence electrons. The van der Waals surface area contributed by atoms with Crippen LogP contribution in [-0.4, -0.2) is 28.3 Å². The number of nitrogens with one attached hydrogen (secondary N) is 2. The van der Waals surface area contributed by atoms with Gasteiger partial charge in [0.25, 0.3) is 0 Å². The second-order valence-electron chi connectivity index (χ2n) is 7.39. The Bertz CT molecular complexity index is 1400. The van der Waals surface area contributed by atoms with E-state index in [4.69, 9.17) is 4.99 Å². The molecule has 0 aliphatic carbocycles. The number of aromatic amines is 1. The van der Waals surface area contributed by atoms with Crippen molar-refractivity contribution in [3.05, 3.63) is 102 Å². The third-order valence-electron chi connectivity index (χ3n) is 5.26. The van der Waals surface area contributed by atoms with Crippen LogP contribution in [-0.2, 0) is 6.18 Å². The van der Waals surface area contributed by atoms with Crippen molar-refractivity contribution in [2.75, 3.05) is 6.54 Å². The Morgan fingerprint density at radius 1 is 0.848 bits per heavy atom. The Kier molecular flexibility index (Phi) is 5.26. The first-order valence-corrected chi connectivity index (χ1v) is 10.3. The number of amidine groups is 1. The molecule has 0 atom stereocenters. The molecule has 0 saturated carbocycles. The highest BCUT2D eigenvalue weighted by molar-refractivity contribution is 6.49. The van der Waals surface area contributed by atoms with E-state index in [1.807, 2.05) is 54.6 Å². The van der Waals surface area contributed by atoms with Crippen molar-refractivity contribution >= 4 is 34.0 Å². The van der Waals surface area contributed by atoms with E-state index in [0.717, 1.165) is 22.5 Å². The molecule has 0 saturated heterocycles. The van der Waals surface area contributed by atoms with Crippen LogP contribution in [0.15, 0.2) is 94.9 Å². The highest BCUT2D eigenvalue weighted by Gasteiger charge is 2.34. The number of alkyl halides is 3. The fraction of sp³-hybridized carbons (Fsp3) is 0.0800. The number of nitrogens with zero attached hydrogens (tertiary/aromatic N) is 3. The molecule has 0 amide bonds. The number of hydrogen-bond acceptors (Lipinski definition) is 3. The van der Waals surface area contributed by atoms with Crippen molar-refractivity contribution in [1.29, 1.82) is 0 Å². The van der Waals surface area contributed by atoms with Gasteiger partial charge in [-0.15, -0.1) is 0 Å². The maximum Gasteiger partial charge on any atom is 0.417 e. The predicted molar refractivity (Wildman–Crippen MR) is 124 cm³/mol. The fourth-order valence-electron chi connectivity index (χ4n) is 3.73. The lowest BCUT2D eigenvalue weighted by atomic mass is 10.0. The number of H-pyrrole nitrogens is 1. The van der Waals surface area contributed by atoms with Crippen LogP contribution in [0, 0.1) is 0 Å². The number of rotatable bonds is 3. The normalized spacial score (nSPS) is 15.7. The van der Waals surface area contributed by atoms with Gasteiger partial charge in [0, 0.05) is 22.2 Å². The van der Waals surface area contributed by atoms with E-state index in [2.05, 4.69) is 20.5 Å². The number of hydrogen-bond donors (Lipinski definition) is 2. The van der Waals surface area contributed by atoms with Gasteiger partial charge in [-0.1, -0.05) is 60.7 Å². The maximum absolute atomic E-state index is 13.7. The minimum Gasteiger partial charge on any atom is -0.338 e. The van der Waals surface area contributed by atoms with Gasteiger partial charge in [0.15, 0.2) is 11.7 Å². The smallest absolute Gasteiger partial charge is 0.338 e. The van der Waals surface area contributed by atoms with E-state index in [1.165, 1.54) is 12.1 Å². The van der Waals surface area contributed by atoms with Gasteiger partial charge in [-0.2, -0.15) is 18.3 Å². The largest absolute Gasteiger partial charge is 0.417 e. The van der Waals surface area contributed by atoms with Gasteiger partial charge in [-0.05, 0) is 24.3 Å². The number of benzene rings is 3. The second kappa shape index (κ2) is 8.38. The van der Waals surface area contributed by atoms with E-state index in [9.17, 15) is 13.2 Å². The third kappa shape index (κ3) is 4.15. The monoisotopic (exact) mass is 445 g/mol.